The van der Waals surface area contributed by atoms with Crippen LogP contribution in [0.5, 0.6) is 0 Å². The standard InChI is InChI=1S/C15H22N2O2/c1-11(2)9-14(17-12(3)18)15(19)16-10-13-7-5-4-6-8-13/h4-8,11,14H,9-10H2,1-3H3,(H,16,19)(H,17,18)/t14-/m1/s1. The van der Waals surface area contributed by atoms with Gasteiger partial charge in [0.1, 0.15) is 6.04 Å². The van der Waals surface area contributed by atoms with Crippen LogP contribution in [0.15, 0.2) is 30.3 Å². The van der Waals surface area contributed by atoms with Crippen molar-refractivity contribution in [3.8, 4) is 0 Å². The molecule has 0 aliphatic rings. The van der Waals surface area contributed by atoms with E-state index in [2.05, 4.69) is 10.6 Å². The molecule has 4 heteroatoms. The SMILES string of the molecule is CC(=O)N[C@H](CC(C)C)C(=O)NCc1ccccc1. The number of nitrogens with one attached hydrogen (secondary N) is 2. The van der Waals surface area contributed by atoms with Crippen LogP contribution in [0, 0.1) is 5.92 Å². The predicted molar refractivity (Wildman–Crippen MR) is 75.3 cm³/mol. The average Bonchev–Trinajstić information content (AvgIpc) is 2.35. The van der Waals surface area contributed by atoms with Crippen molar-refractivity contribution in [3.05, 3.63) is 35.9 Å². The fourth-order valence-electron chi connectivity index (χ4n) is 1.86. The van der Waals surface area contributed by atoms with Gasteiger partial charge in [0.25, 0.3) is 0 Å². The first-order chi connectivity index (χ1) is 8.99. The summed E-state index contributed by atoms with van der Waals surface area (Å²) in [6, 6.07) is 9.25. The van der Waals surface area contributed by atoms with Gasteiger partial charge in [0, 0.05) is 13.5 Å². The Morgan fingerprint density at radius 2 is 1.79 bits per heavy atom. The molecule has 0 spiro atoms. The number of benzene rings is 1. The van der Waals surface area contributed by atoms with E-state index < -0.39 is 6.04 Å². The highest BCUT2D eigenvalue weighted by atomic mass is 16.2. The van der Waals surface area contributed by atoms with Crippen LogP contribution in [0.2, 0.25) is 0 Å². The zero-order valence-corrected chi connectivity index (χ0v) is 11.8. The second-order valence-electron chi connectivity index (χ2n) is 5.09. The molecule has 2 N–H and O–H groups in total. The molecule has 0 aliphatic carbocycles. The van der Waals surface area contributed by atoms with Crippen molar-refractivity contribution < 1.29 is 9.59 Å². The van der Waals surface area contributed by atoms with Crippen molar-refractivity contribution in [2.75, 3.05) is 0 Å². The van der Waals surface area contributed by atoms with Gasteiger partial charge in [-0.25, -0.2) is 0 Å². The number of rotatable bonds is 6. The van der Waals surface area contributed by atoms with E-state index in [1.54, 1.807) is 0 Å². The summed E-state index contributed by atoms with van der Waals surface area (Å²) >= 11 is 0. The van der Waals surface area contributed by atoms with Crippen LogP contribution in [0.4, 0.5) is 0 Å². The molecule has 0 unspecified atom stereocenters. The molecule has 1 aromatic rings. The fraction of sp³-hybridized carbons (Fsp3) is 0.467. The van der Waals surface area contributed by atoms with Gasteiger partial charge < -0.3 is 10.6 Å². The molecule has 0 aliphatic heterocycles. The highest BCUT2D eigenvalue weighted by Crippen LogP contribution is 2.05. The molecule has 0 saturated carbocycles. The van der Waals surface area contributed by atoms with Crippen LogP contribution in [0.1, 0.15) is 32.8 Å². The number of carbonyl (C=O) groups is 2. The van der Waals surface area contributed by atoms with Crippen molar-refractivity contribution in [3.63, 3.8) is 0 Å². The Morgan fingerprint density at radius 1 is 1.16 bits per heavy atom. The first-order valence-corrected chi connectivity index (χ1v) is 6.57. The minimum Gasteiger partial charge on any atom is -0.350 e. The third-order valence-electron chi connectivity index (χ3n) is 2.71. The molecule has 0 radical (unpaired) electrons. The van der Waals surface area contributed by atoms with E-state index in [9.17, 15) is 9.59 Å². The first kappa shape index (κ1) is 15.2. The lowest BCUT2D eigenvalue weighted by atomic mass is 10.0. The predicted octanol–water partition coefficient (Wildman–Crippen LogP) is 1.85. The maximum absolute atomic E-state index is 12.1. The maximum atomic E-state index is 12.1. The van der Waals surface area contributed by atoms with Gasteiger partial charge in [-0.3, -0.25) is 9.59 Å². The van der Waals surface area contributed by atoms with E-state index in [-0.39, 0.29) is 11.8 Å². The number of hydrogen-bond acceptors (Lipinski definition) is 2. The van der Waals surface area contributed by atoms with Gasteiger partial charge in [0.15, 0.2) is 0 Å². The maximum Gasteiger partial charge on any atom is 0.242 e. The highest BCUT2D eigenvalue weighted by molar-refractivity contribution is 5.86. The van der Waals surface area contributed by atoms with E-state index in [1.165, 1.54) is 6.92 Å². The van der Waals surface area contributed by atoms with Crippen molar-refractivity contribution in [1.29, 1.82) is 0 Å². The van der Waals surface area contributed by atoms with Crippen LogP contribution in [-0.2, 0) is 16.1 Å². The average molecular weight is 262 g/mol. The molecule has 4 nitrogen and oxygen atoms in total. The molecule has 0 fully saturated rings. The Labute approximate surface area is 114 Å². The molecule has 19 heavy (non-hydrogen) atoms. The van der Waals surface area contributed by atoms with E-state index in [1.807, 2.05) is 44.2 Å². The smallest absolute Gasteiger partial charge is 0.242 e. The molecular formula is C15H22N2O2. The molecule has 1 aromatic carbocycles. The zero-order valence-electron chi connectivity index (χ0n) is 11.8. The summed E-state index contributed by atoms with van der Waals surface area (Å²) in [6.45, 7) is 5.96. The van der Waals surface area contributed by atoms with E-state index in [0.29, 0.717) is 18.9 Å². The Hall–Kier alpha value is -1.84. The second kappa shape index (κ2) is 7.56. The number of carbonyl (C=O) groups excluding carboxylic acids is 2. The molecule has 0 bridgehead atoms. The highest BCUT2D eigenvalue weighted by Gasteiger charge is 2.20. The Balaban J connectivity index is 2.54. The van der Waals surface area contributed by atoms with Gasteiger partial charge in [-0.1, -0.05) is 44.2 Å². The molecular weight excluding hydrogens is 240 g/mol. The van der Waals surface area contributed by atoms with Crippen LogP contribution in [-0.4, -0.2) is 17.9 Å². The van der Waals surface area contributed by atoms with Crippen molar-refractivity contribution in [2.45, 2.75) is 39.8 Å². The topological polar surface area (TPSA) is 58.2 Å². The van der Waals surface area contributed by atoms with Crippen LogP contribution >= 0.6 is 0 Å². The third kappa shape index (κ3) is 6.04. The Kier molecular flexibility index (Phi) is 6.06. The van der Waals surface area contributed by atoms with Gasteiger partial charge in [-0.05, 0) is 17.9 Å². The molecule has 0 aromatic heterocycles. The minimum atomic E-state index is -0.457. The lowest BCUT2D eigenvalue weighted by molar-refractivity contribution is -0.128. The summed E-state index contributed by atoms with van der Waals surface area (Å²) < 4.78 is 0. The zero-order chi connectivity index (χ0) is 14.3. The van der Waals surface area contributed by atoms with Crippen LogP contribution < -0.4 is 10.6 Å². The molecule has 2 amide bonds. The molecule has 0 saturated heterocycles. The van der Waals surface area contributed by atoms with Crippen molar-refractivity contribution in [2.24, 2.45) is 5.92 Å². The summed E-state index contributed by atoms with van der Waals surface area (Å²) in [5, 5.41) is 5.55. The summed E-state index contributed by atoms with van der Waals surface area (Å²) in [5.41, 5.74) is 1.04. The van der Waals surface area contributed by atoms with Gasteiger partial charge in [-0.15, -0.1) is 0 Å². The monoisotopic (exact) mass is 262 g/mol. The van der Waals surface area contributed by atoms with Gasteiger partial charge in [0.05, 0.1) is 0 Å². The Bertz CT molecular complexity index is 415. The van der Waals surface area contributed by atoms with Gasteiger partial charge >= 0.3 is 0 Å². The summed E-state index contributed by atoms with van der Waals surface area (Å²) in [6.07, 6.45) is 0.639. The lowest BCUT2D eigenvalue weighted by Gasteiger charge is -2.19. The normalized spacial score (nSPS) is 12.0. The van der Waals surface area contributed by atoms with Gasteiger partial charge in [0.2, 0.25) is 11.8 Å². The fourth-order valence-corrected chi connectivity index (χ4v) is 1.86. The molecule has 104 valence electrons. The summed E-state index contributed by atoms with van der Waals surface area (Å²) in [4.78, 5) is 23.2. The molecule has 0 heterocycles. The molecule has 1 rings (SSSR count). The second-order valence-corrected chi connectivity index (χ2v) is 5.09. The van der Waals surface area contributed by atoms with Crippen LogP contribution in [0.3, 0.4) is 0 Å². The minimum absolute atomic E-state index is 0.132. The van der Waals surface area contributed by atoms with Crippen molar-refractivity contribution >= 4 is 11.8 Å². The Morgan fingerprint density at radius 3 is 2.32 bits per heavy atom. The number of amides is 2. The van der Waals surface area contributed by atoms with Crippen molar-refractivity contribution in [1.82, 2.24) is 10.6 Å². The summed E-state index contributed by atoms with van der Waals surface area (Å²) in [7, 11) is 0. The number of hydrogen-bond donors (Lipinski definition) is 2. The molecule has 1 atom stereocenters. The lowest BCUT2D eigenvalue weighted by Crippen LogP contribution is -2.46. The van der Waals surface area contributed by atoms with Crippen LogP contribution in [0.25, 0.3) is 0 Å². The van der Waals surface area contributed by atoms with E-state index in [0.717, 1.165) is 5.56 Å². The first-order valence-electron chi connectivity index (χ1n) is 6.57. The van der Waals surface area contributed by atoms with Gasteiger partial charge in [-0.2, -0.15) is 0 Å². The quantitative estimate of drug-likeness (QED) is 0.822. The third-order valence-corrected chi connectivity index (χ3v) is 2.71. The van der Waals surface area contributed by atoms with E-state index in [4.69, 9.17) is 0 Å². The van der Waals surface area contributed by atoms with E-state index >= 15 is 0 Å². The summed E-state index contributed by atoms with van der Waals surface area (Å²) in [5.74, 6) is 0.0348. The largest absolute Gasteiger partial charge is 0.350 e.